The third-order valence-corrected chi connectivity index (χ3v) is 4.53. The summed E-state index contributed by atoms with van der Waals surface area (Å²) in [6.07, 6.45) is -2.36. The standard InChI is InChI=1S/C17H24F3NO2/c1-11(15-10-14(22-2)7-8-16(15)23-3)21-13-6-4-5-12(9-13)17(18,19)20/h7-8,10-13,21H,4-6,9H2,1-3H3. The molecule has 130 valence electrons. The zero-order valence-corrected chi connectivity index (χ0v) is 13.7. The van der Waals surface area contributed by atoms with E-state index in [4.69, 9.17) is 9.47 Å². The van der Waals surface area contributed by atoms with Crippen molar-refractivity contribution in [2.75, 3.05) is 14.2 Å². The first-order chi connectivity index (χ1) is 10.8. The fourth-order valence-corrected chi connectivity index (χ4v) is 3.26. The first-order valence-corrected chi connectivity index (χ1v) is 7.89. The fraction of sp³-hybridized carbons (Fsp3) is 0.647. The number of hydrogen-bond donors (Lipinski definition) is 1. The van der Waals surface area contributed by atoms with Gasteiger partial charge in [0.2, 0.25) is 0 Å². The second-order valence-corrected chi connectivity index (χ2v) is 6.10. The molecular weight excluding hydrogens is 307 g/mol. The SMILES string of the molecule is COc1ccc(OC)c(C(C)NC2CCCC(C(F)(F)F)C2)c1. The van der Waals surface area contributed by atoms with Crippen molar-refractivity contribution in [2.24, 2.45) is 5.92 Å². The van der Waals surface area contributed by atoms with Crippen molar-refractivity contribution in [3.05, 3.63) is 23.8 Å². The molecule has 1 N–H and O–H groups in total. The van der Waals surface area contributed by atoms with Crippen LogP contribution in [0.25, 0.3) is 0 Å². The molecule has 3 unspecified atom stereocenters. The van der Waals surface area contributed by atoms with Crippen LogP contribution < -0.4 is 14.8 Å². The van der Waals surface area contributed by atoms with Crippen LogP contribution in [-0.4, -0.2) is 26.4 Å². The maximum Gasteiger partial charge on any atom is 0.391 e. The fourth-order valence-electron chi connectivity index (χ4n) is 3.26. The Morgan fingerprint density at radius 1 is 1.17 bits per heavy atom. The third-order valence-electron chi connectivity index (χ3n) is 4.53. The predicted octanol–water partition coefficient (Wildman–Crippen LogP) is 4.48. The maximum absolute atomic E-state index is 12.9. The highest BCUT2D eigenvalue weighted by Crippen LogP contribution is 2.38. The smallest absolute Gasteiger partial charge is 0.391 e. The highest BCUT2D eigenvalue weighted by atomic mass is 19.4. The van der Waals surface area contributed by atoms with E-state index in [-0.39, 0.29) is 24.9 Å². The normalized spacial score (nSPS) is 23.4. The van der Waals surface area contributed by atoms with Gasteiger partial charge < -0.3 is 14.8 Å². The lowest BCUT2D eigenvalue weighted by Gasteiger charge is -2.33. The Morgan fingerprint density at radius 3 is 2.52 bits per heavy atom. The number of rotatable bonds is 5. The molecule has 3 nitrogen and oxygen atoms in total. The van der Waals surface area contributed by atoms with Crippen LogP contribution in [0, 0.1) is 5.92 Å². The molecule has 0 saturated heterocycles. The van der Waals surface area contributed by atoms with E-state index in [1.54, 1.807) is 20.3 Å². The van der Waals surface area contributed by atoms with Gasteiger partial charge in [-0.2, -0.15) is 13.2 Å². The molecule has 1 aromatic rings. The molecule has 1 aromatic carbocycles. The summed E-state index contributed by atoms with van der Waals surface area (Å²) in [6, 6.07) is 5.22. The zero-order valence-electron chi connectivity index (χ0n) is 13.7. The summed E-state index contributed by atoms with van der Waals surface area (Å²) in [5.41, 5.74) is 0.890. The Hall–Kier alpha value is -1.43. The Kier molecular flexibility index (Phi) is 5.79. The van der Waals surface area contributed by atoms with Gasteiger partial charge in [-0.05, 0) is 44.4 Å². The highest BCUT2D eigenvalue weighted by molar-refractivity contribution is 5.42. The van der Waals surface area contributed by atoms with Crippen LogP contribution in [0.15, 0.2) is 18.2 Å². The van der Waals surface area contributed by atoms with Crippen LogP contribution >= 0.6 is 0 Å². The number of halogens is 3. The molecule has 2 rings (SSSR count). The van der Waals surface area contributed by atoms with E-state index in [0.29, 0.717) is 17.9 Å². The molecule has 0 radical (unpaired) electrons. The summed E-state index contributed by atoms with van der Waals surface area (Å²) < 4.78 is 49.4. The molecule has 1 aliphatic rings. The Bertz CT molecular complexity index is 519. The van der Waals surface area contributed by atoms with Crippen molar-refractivity contribution in [2.45, 2.75) is 50.9 Å². The summed E-state index contributed by atoms with van der Waals surface area (Å²) in [5, 5.41) is 3.33. The van der Waals surface area contributed by atoms with Crippen molar-refractivity contribution < 1.29 is 22.6 Å². The molecule has 0 spiro atoms. The lowest BCUT2D eigenvalue weighted by Crippen LogP contribution is -2.39. The van der Waals surface area contributed by atoms with Gasteiger partial charge in [0.1, 0.15) is 11.5 Å². The van der Waals surface area contributed by atoms with Gasteiger partial charge in [-0.15, -0.1) is 0 Å². The Labute approximate surface area is 135 Å². The lowest BCUT2D eigenvalue weighted by atomic mass is 9.84. The van der Waals surface area contributed by atoms with Gasteiger partial charge in [-0.1, -0.05) is 6.42 Å². The van der Waals surface area contributed by atoms with Gasteiger partial charge in [0.25, 0.3) is 0 Å². The summed E-state index contributed by atoms with van der Waals surface area (Å²) in [5.74, 6) is 0.202. The molecule has 0 aromatic heterocycles. The van der Waals surface area contributed by atoms with E-state index in [1.165, 1.54) is 0 Å². The van der Waals surface area contributed by atoms with E-state index < -0.39 is 12.1 Å². The van der Waals surface area contributed by atoms with Crippen LogP contribution in [0.5, 0.6) is 11.5 Å². The van der Waals surface area contributed by atoms with Gasteiger partial charge in [-0.25, -0.2) is 0 Å². The molecule has 0 aliphatic heterocycles. The average Bonchev–Trinajstić information content (AvgIpc) is 2.53. The van der Waals surface area contributed by atoms with E-state index in [1.807, 2.05) is 19.1 Å². The van der Waals surface area contributed by atoms with Crippen LogP contribution in [0.1, 0.15) is 44.2 Å². The summed E-state index contributed by atoms with van der Waals surface area (Å²) in [6.45, 7) is 1.94. The molecule has 1 saturated carbocycles. The molecule has 1 aliphatic carbocycles. The van der Waals surface area contributed by atoms with Crippen LogP contribution in [0.2, 0.25) is 0 Å². The summed E-state index contributed by atoms with van der Waals surface area (Å²) in [4.78, 5) is 0. The molecule has 1 fully saturated rings. The van der Waals surface area contributed by atoms with Gasteiger partial charge in [-0.3, -0.25) is 0 Å². The molecule has 23 heavy (non-hydrogen) atoms. The van der Waals surface area contributed by atoms with Gasteiger partial charge in [0.05, 0.1) is 20.1 Å². The average molecular weight is 331 g/mol. The number of nitrogens with one attached hydrogen (secondary N) is 1. The van der Waals surface area contributed by atoms with Gasteiger partial charge in [0, 0.05) is 17.6 Å². The second kappa shape index (κ2) is 7.43. The number of hydrogen-bond acceptors (Lipinski definition) is 3. The number of methoxy groups -OCH3 is 2. The summed E-state index contributed by atoms with van der Waals surface area (Å²) in [7, 11) is 3.16. The Balaban J connectivity index is 2.08. The largest absolute Gasteiger partial charge is 0.497 e. The predicted molar refractivity (Wildman–Crippen MR) is 82.9 cm³/mol. The molecule has 3 atom stereocenters. The number of ether oxygens (including phenoxy) is 2. The monoisotopic (exact) mass is 331 g/mol. The minimum Gasteiger partial charge on any atom is -0.497 e. The second-order valence-electron chi connectivity index (χ2n) is 6.10. The van der Waals surface area contributed by atoms with E-state index in [0.717, 1.165) is 12.0 Å². The minimum atomic E-state index is -4.10. The van der Waals surface area contributed by atoms with Crippen LogP contribution in [0.4, 0.5) is 13.2 Å². The van der Waals surface area contributed by atoms with Crippen molar-refractivity contribution in [3.8, 4) is 11.5 Å². The van der Waals surface area contributed by atoms with Crippen molar-refractivity contribution in [3.63, 3.8) is 0 Å². The molecule has 6 heteroatoms. The first kappa shape index (κ1) is 17.9. The summed E-state index contributed by atoms with van der Waals surface area (Å²) >= 11 is 0. The maximum atomic E-state index is 12.9. The van der Waals surface area contributed by atoms with Crippen LogP contribution in [0.3, 0.4) is 0 Å². The van der Waals surface area contributed by atoms with E-state index in [2.05, 4.69) is 5.32 Å². The van der Waals surface area contributed by atoms with Crippen molar-refractivity contribution in [1.82, 2.24) is 5.32 Å². The van der Waals surface area contributed by atoms with Crippen molar-refractivity contribution in [1.29, 1.82) is 0 Å². The van der Waals surface area contributed by atoms with Gasteiger partial charge in [0.15, 0.2) is 0 Å². The number of benzene rings is 1. The minimum absolute atomic E-state index is 0.114. The molecule has 0 heterocycles. The van der Waals surface area contributed by atoms with E-state index >= 15 is 0 Å². The third kappa shape index (κ3) is 4.53. The topological polar surface area (TPSA) is 30.5 Å². The van der Waals surface area contributed by atoms with Gasteiger partial charge >= 0.3 is 6.18 Å². The zero-order chi connectivity index (χ0) is 17.0. The van der Waals surface area contributed by atoms with Crippen LogP contribution in [-0.2, 0) is 0 Å². The Morgan fingerprint density at radius 2 is 1.91 bits per heavy atom. The molecule has 0 amide bonds. The van der Waals surface area contributed by atoms with E-state index in [9.17, 15) is 13.2 Å². The molecule has 0 bridgehead atoms. The van der Waals surface area contributed by atoms with Crippen molar-refractivity contribution >= 4 is 0 Å². The quantitative estimate of drug-likeness (QED) is 0.863. The first-order valence-electron chi connectivity index (χ1n) is 7.89. The lowest BCUT2D eigenvalue weighted by molar-refractivity contribution is -0.183. The highest BCUT2D eigenvalue weighted by Gasteiger charge is 2.42. The molecular formula is C17H24F3NO2. The number of alkyl halides is 3.